The van der Waals surface area contributed by atoms with Gasteiger partial charge < -0.3 is 4.90 Å². The van der Waals surface area contributed by atoms with Crippen molar-refractivity contribution in [1.82, 2.24) is 25.0 Å². The summed E-state index contributed by atoms with van der Waals surface area (Å²) < 4.78 is 1.53. The Kier molecular flexibility index (Phi) is 4.42. The van der Waals surface area contributed by atoms with Crippen LogP contribution in [0, 0.1) is 13.8 Å². The van der Waals surface area contributed by atoms with Gasteiger partial charge in [0.25, 0.3) is 5.78 Å². The first-order chi connectivity index (χ1) is 11.9. The number of benzene rings is 1. The second-order valence-electron chi connectivity index (χ2n) is 5.87. The maximum atomic E-state index is 12.1. The topological polar surface area (TPSA) is 87.8 Å². The largest absolute Gasteiger partial charge is 0.378 e. The summed E-state index contributed by atoms with van der Waals surface area (Å²) in [5.74, 6) is -0.0593. The number of amides is 1. The molecule has 0 unspecified atom stereocenters. The quantitative estimate of drug-likeness (QED) is 0.577. The van der Waals surface area contributed by atoms with Gasteiger partial charge in [-0.15, -0.1) is 5.10 Å². The monoisotopic (exact) mass is 337 g/mol. The van der Waals surface area contributed by atoms with Crippen molar-refractivity contribution in [3.63, 3.8) is 0 Å². The molecule has 0 aliphatic rings. The van der Waals surface area contributed by atoms with Gasteiger partial charge in [0.2, 0.25) is 5.82 Å². The van der Waals surface area contributed by atoms with Crippen molar-refractivity contribution in [2.24, 2.45) is 5.10 Å². The molecule has 1 N–H and O–H groups in total. The van der Waals surface area contributed by atoms with Gasteiger partial charge in [-0.25, -0.2) is 14.9 Å². The molecule has 0 radical (unpaired) electrons. The van der Waals surface area contributed by atoms with E-state index in [1.54, 1.807) is 6.21 Å². The summed E-state index contributed by atoms with van der Waals surface area (Å²) >= 11 is 0. The molecule has 1 aromatic carbocycles. The van der Waals surface area contributed by atoms with Gasteiger partial charge in [0.05, 0.1) is 6.21 Å². The molecule has 0 bridgehead atoms. The number of hydrogen-bond acceptors (Lipinski definition) is 6. The minimum Gasteiger partial charge on any atom is -0.378 e. The maximum absolute atomic E-state index is 12.1. The fraction of sp³-hybridized carbons (Fsp3) is 0.235. The van der Waals surface area contributed by atoms with Crippen molar-refractivity contribution >= 4 is 23.6 Å². The number of nitrogens with one attached hydrogen (secondary N) is 1. The average molecular weight is 337 g/mol. The van der Waals surface area contributed by atoms with Crippen molar-refractivity contribution in [2.45, 2.75) is 13.8 Å². The standard InChI is InChI=1S/C17H19N7O/c1-11-9-12(2)24-17(19-11)20-15(22-24)16(25)21-18-10-13-5-7-14(8-6-13)23(3)4/h5-10H,1-4H3,(H,21,25)/b18-10+. The molecule has 0 spiro atoms. The van der Waals surface area contributed by atoms with Crippen LogP contribution in [-0.2, 0) is 0 Å². The Balaban J connectivity index is 1.71. The minimum absolute atomic E-state index is 0.0290. The van der Waals surface area contributed by atoms with Crippen LogP contribution in [-0.4, -0.2) is 45.8 Å². The van der Waals surface area contributed by atoms with E-state index in [-0.39, 0.29) is 5.82 Å². The number of hydrogen-bond donors (Lipinski definition) is 1. The third kappa shape index (κ3) is 3.63. The highest BCUT2D eigenvalue weighted by atomic mass is 16.2. The molecule has 2 heterocycles. The van der Waals surface area contributed by atoms with Crippen molar-refractivity contribution in [1.29, 1.82) is 0 Å². The van der Waals surface area contributed by atoms with E-state index in [4.69, 9.17) is 0 Å². The van der Waals surface area contributed by atoms with Crippen LogP contribution in [0.2, 0.25) is 0 Å². The zero-order valence-electron chi connectivity index (χ0n) is 14.6. The fourth-order valence-electron chi connectivity index (χ4n) is 2.34. The first kappa shape index (κ1) is 16.6. The molecule has 2 aromatic heterocycles. The molecule has 0 fully saturated rings. The Labute approximate surface area is 145 Å². The Morgan fingerprint density at radius 2 is 1.92 bits per heavy atom. The smallest absolute Gasteiger partial charge is 0.311 e. The van der Waals surface area contributed by atoms with E-state index >= 15 is 0 Å². The highest BCUT2D eigenvalue weighted by Gasteiger charge is 2.14. The number of aryl methyl sites for hydroxylation is 2. The van der Waals surface area contributed by atoms with Crippen LogP contribution in [0.5, 0.6) is 0 Å². The average Bonchev–Trinajstić information content (AvgIpc) is 2.99. The van der Waals surface area contributed by atoms with Crippen molar-refractivity contribution in [2.75, 3.05) is 19.0 Å². The lowest BCUT2D eigenvalue weighted by Crippen LogP contribution is -2.19. The Morgan fingerprint density at radius 3 is 2.60 bits per heavy atom. The molecule has 0 atom stereocenters. The lowest BCUT2D eigenvalue weighted by molar-refractivity contribution is 0.0945. The first-order valence-electron chi connectivity index (χ1n) is 7.76. The van der Waals surface area contributed by atoms with E-state index in [0.29, 0.717) is 5.78 Å². The van der Waals surface area contributed by atoms with Crippen LogP contribution in [0.3, 0.4) is 0 Å². The molecular weight excluding hydrogens is 318 g/mol. The molecule has 0 aliphatic heterocycles. The highest BCUT2D eigenvalue weighted by molar-refractivity contribution is 5.91. The van der Waals surface area contributed by atoms with Crippen LogP contribution in [0.4, 0.5) is 5.69 Å². The Hall–Kier alpha value is -3.29. The van der Waals surface area contributed by atoms with Gasteiger partial charge in [-0.2, -0.15) is 10.1 Å². The number of nitrogens with zero attached hydrogens (tertiary/aromatic N) is 6. The fourth-order valence-corrected chi connectivity index (χ4v) is 2.34. The van der Waals surface area contributed by atoms with Crippen LogP contribution < -0.4 is 10.3 Å². The van der Waals surface area contributed by atoms with Gasteiger partial charge in [-0.1, -0.05) is 12.1 Å². The van der Waals surface area contributed by atoms with Crippen LogP contribution in [0.15, 0.2) is 35.4 Å². The molecule has 25 heavy (non-hydrogen) atoms. The van der Waals surface area contributed by atoms with Gasteiger partial charge in [-0.05, 0) is 37.6 Å². The molecule has 0 saturated carbocycles. The predicted molar refractivity (Wildman–Crippen MR) is 96.1 cm³/mol. The van der Waals surface area contributed by atoms with Crippen molar-refractivity contribution in [3.8, 4) is 0 Å². The lowest BCUT2D eigenvalue weighted by atomic mass is 10.2. The highest BCUT2D eigenvalue weighted by Crippen LogP contribution is 2.11. The van der Waals surface area contributed by atoms with Crippen LogP contribution in [0.1, 0.15) is 27.6 Å². The van der Waals surface area contributed by atoms with E-state index < -0.39 is 5.91 Å². The second kappa shape index (κ2) is 6.68. The summed E-state index contributed by atoms with van der Waals surface area (Å²) in [6.45, 7) is 3.75. The first-order valence-corrected chi connectivity index (χ1v) is 7.76. The van der Waals surface area contributed by atoms with Crippen molar-refractivity contribution in [3.05, 3.63) is 53.1 Å². The molecule has 0 saturated heterocycles. The number of rotatable bonds is 4. The van der Waals surface area contributed by atoms with Gasteiger partial charge in [0.15, 0.2) is 0 Å². The second-order valence-corrected chi connectivity index (χ2v) is 5.87. The molecule has 128 valence electrons. The SMILES string of the molecule is Cc1cc(C)n2nc(C(=O)N/N=C/c3ccc(N(C)C)cc3)nc2n1. The summed E-state index contributed by atoms with van der Waals surface area (Å²) in [4.78, 5) is 22.6. The molecule has 1 amide bonds. The van der Waals surface area contributed by atoms with E-state index in [1.165, 1.54) is 4.52 Å². The number of fused-ring (bicyclic) bond motifs is 1. The normalized spacial score (nSPS) is 11.2. The van der Waals surface area contributed by atoms with E-state index in [0.717, 1.165) is 22.6 Å². The van der Waals surface area contributed by atoms with Crippen molar-refractivity contribution < 1.29 is 4.79 Å². The number of aromatic nitrogens is 4. The third-order valence-electron chi connectivity index (χ3n) is 3.61. The molecule has 3 aromatic rings. The van der Waals surface area contributed by atoms with Crippen LogP contribution >= 0.6 is 0 Å². The molecule has 8 nitrogen and oxygen atoms in total. The van der Waals surface area contributed by atoms with Crippen LogP contribution in [0.25, 0.3) is 5.78 Å². The summed E-state index contributed by atoms with van der Waals surface area (Å²) in [5, 5.41) is 8.12. The summed E-state index contributed by atoms with van der Waals surface area (Å²) in [7, 11) is 3.95. The number of hydrazone groups is 1. The summed E-state index contributed by atoms with van der Waals surface area (Å²) in [6.07, 6.45) is 1.57. The van der Waals surface area contributed by atoms with Gasteiger partial charge in [-0.3, -0.25) is 4.79 Å². The van der Waals surface area contributed by atoms with E-state index in [1.807, 2.05) is 63.2 Å². The van der Waals surface area contributed by atoms with Gasteiger partial charge >= 0.3 is 5.91 Å². The zero-order valence-corrected chi connectivity index (χ0v) is 14.6. The number of anilines is 1. The molecule has 8 heteroatoms. The minimum atomic E-state index is -0.483. The zero-order chi connectivity index (χ0) is 18.0. The predicted octanol–water partition coefficient (Wildman–Crippen LogP) is 1.57. The maximum Gasteiger partial charge on any atom is 0.311 e. The summed E-state index contributed by atoms with van der Waals surface area (Å²) in [6, 6.07) is 9.67. The third-order valence-corrected chi connectivity index (χ3v) is 3.61. The molecule has 0 aliphatic carbocycles. The Morgan fingerprint density at radius 1 is 1.20 bits per heavy atom. The lowest BCUT2D eigenvalue weighted by Gasteiger charge is -2.11. The Bertz CT molecular complexity index is 942. The van der Waals surface area contributed by atoms with Gasteiger partial charge in [0, 0.05) is 31.2 Å². The van der Waals surface area contributed by atoms with Gasteiger partial charge in [0.1, 0.15) is 0 Å². The van der Waals surface area contributed by atoms with E-state index in [2.05, 4.69) is 25.6 Å². The molecule has 3 rings (SSSR count). The number of carbonyl (C=O) groups excluding carboxylic acids is 1. The van der Waals surface area contributed by atoms with E-state index in [9.17, 15) is 4.79 Å². The summed E-state index contributed by atoms with van der Waals surface area (Å²) in [5.41, 5.74) is 6.08. The number of carbonyl (C=O) groups is 1. The molecular formula is C17H19N7O.